The van der Waals surface area contributed by atoms with Crippen molar-refractivity contribution < 1.29 is 9.53 Å². The van der Waals surface area contributed by atoms with Crippen LogP contribution in [0.5, 0.6) is 5.75 Å². The molecule has 118 valence electrons. The molecule has 0 spiro atoms. The summed E-state index contributed by atoms with van der Waals surface area (Å²) < 4.78 is 7.86. The van der Waals surface area contributed by atoms with Crippen molar-refractivity contribution in [1.82, 2.24) is 9.88 Å². The third-order valence-corrected chi connectivity index (χ3v) is 4.89. The Morgan fingerprint density at radius 1 is 1.26 bits per heavy atom. The number of rotatable bonds is 3. The molecule has 0 radical (unpaired) electrons. The maximum Gasteiger partial charge on any atom is 0.263 e. The number of carbonyl (C=O) groups excluding carboxylic acids is 1. The molecule has 6 heteroatoms. The molecule has 3 rings (SSSR count). The predicted octanol–water partition coefficient (Wildman–Crippen LogP) is 3.59. The summed E-state index contributed by atoms with van der Waals surface area (Å²) in [5.41, 5.74) is 4.25. The lowest BCUT2D eigenvalue weighted by atomic mass is 10.2. The van der Waals surface area contributed by atoms with Gasteiger partial charge in [0.05, 0.1) is 12.0 Å². The number of hydrogen-bond donors (Lipinski definition) is 1. The van der Waals surface area contributed by atoms with Crippen LogP contribution in [0.25, 0.3) is 11.8 Å². The molecular weight excluding hydrogens is 328 g/mol. The molecule has 2 aromatic rings. The Balaban J connectivity index is 2.01. The third-order valence-electron chi connectivity index (χ3n) is 3.73. The molecule has 2 heterocycles. The molecule has 1 N–H and O–H groups in total. The Morgan fingerprint density at radius 3 is 2.52 bits per heavy atom. The summed E-state index contributed by atoms with van der Waals surface area (Å²) in [6.07, 6.45) is 1.89. The molecule has 1 fully saturated rings. The number of methoxy groups -OCH3 is 1. The molecule has 0 saturated carbocycles. The number of amides is 1. The van der Waals surface area contributed by atoms with E-state index >= 15 is 0 Å². The number of aromatic nitrogens is 1. The highest BCUT2D eigenvalue weighted by molar-refractivity contribution is 8.26. The number of aryl methyl sites for hydroxylation is 1. The minimum Gasteiger partial charge on any atom is -0.497 e. The molecule has 1 amide bonds. The van der Waals surface area contributed by atoms with Crippen molar-refractivity contribution >= 4 is 40.3 Å². The van der Waals surface area contributed by atoms with E-state index in [-0.39, 0.29) is 5.91 Å². The summed E-state index contributed by atoms with van der Waals surface area (Å²) in [7, 11) is 1.65. The van der Waals surface area contributed by atoms with Crippen molar-refractivity contribution in [2.75, 3.05) is 7.11 Å². The monoisotopic (exact) mass is 344 g/mol. The Hall–Kier alpha value is -2.05. The first-order valence-corrected chi connectivity index (χ1v) is 8.30. The zero-order chi connectivity index (χ0) is 16.6. The summed E-state index contributed by atoms with van der Waals surface area (Å²) in [4.78, 5) is 12.5. The number of carbonyl (C=O) groups is 1. The standard InChI is InChI=1S/C17H16N2O2S2/c1-10-8-12(9-15-16(20)18-17(22)23-15)11(2)19(10)13-4-6-14(21-3)7-5-13/h4-9H,1-3H3,(H,18,20,22)/b15-9+. The highest BCUT2D eigenvalue weighted by Gasteiger charge is 2.22. The Morgan fingerprint density at radius 2 is 1.96 bits per heavy atom. The molecule has 1 aliphatic rings. The number of benzene rings is 1. The first kappa shape index (κ1) is 15.8. The van der Waals surface area contributed by atoms with Crippen LogP contribution in [-0.4, -0.2) is 21.9 Å². The molecule has 0 bridgehead atoms. The topological polar surface area (TPSA) is 43.3 Å². The lowest BCUT2D eigenvalue weighted by Crippen LogP contribution is -2.17. The van der Waals surface area contributed by atoms with E-state index in [2.05, 4.69) is 16.0 Å². The van der Waals surface area contributed by atoms with Gasteiger partial charge < -0.3 is 14.6 Å². The van der Waals surface area contributed by atoms with Crippen LogP contribution in [-0.2, 0) is 4.79 Å². The van der Waals surface area contributed by atoms with E-state index in [1.54, 1.807) is 7.11 Å². The van der Waals surface area contributed by atoms with Crippen molar-refractivity contribution in [3.8, 4) is 11.4 Å². The average Bonchev–Trinajstić information content (AvgIpc) is 2.99. The first-order chi connectivity index (χ1) is 11.0. The highest BCUT2D eigenvalue weighted by Crippen LogP contribution is 2.29. The molecule has 1 aromatic carbocycles. The van der Waals surface area contributed by atoms with E-state index < -0.39 is 0 Å². The Kier molecular flexibility index (Phi) is 4.28. The molecule has 4 nitrogen and oxygen atoms in total. The van der Waals surface area contributed by atoms with Crippen LogP contribution in [0, 0.1) is 13.8 Å². The summed E-state index contributed by atoms with van der Waals surface area (Å²) >= 11 is 6.33. The van der Waals surface area contributed by atoms with E-state index in [4.69, 9.17) is 17.0 Å². The fraction of sp³-hybridized carbons (Fsp3) is 0.176. The Labute approximate surface area is 144 Å². The number of ether oxygens (including phenoxy) is 1. The second-order valence-electron chi connectivity index (χ2n) is 5.21. The van der Waals surface area contributed by atoms with Crippen LogP contribution in [0.15, 0.2) is 35.2 Å². The van der Waals surface area contributed by atoms with E-state index in [0.717, 1.165) is 28.4 Å². The number of hydrogen-bond acceptors (Lipinski definition) is 4. The van der Waals surface area contributed by atoms with Crippen molar-refractivity contribution in [3.05, 3.63) is 52.2 Å². The quantitative estimate of drug-likeness (QED) is 0.683. The van der Waals surface area contributed by atoms with E-state index in [0.29, 0.717) is 9.23 Å². The smallest absolute Gasteiger partial charge is 0.263 e. The molecule has 1 saturated heterocycles. The largest absolute Gasteiger partial charge is 0.497 e. The second kappa shape index (κ2) is 6.22. The predicted molar refractivity (Wildman–Crippen MR) is 98.1 cm³/mol. The van der Waals surface area contributed by atoms with Gasteiger partial charge in [-0.25, -0.2) is 0 Å². The number of nitrogens with zero attached hydrogens (tertiary/aromatic N) is 1. The molecule has 0 atom stereocenters. The van der Waals surface area contributed by atoms with Gasteiger partial charge in [-0.15, -0.1) is 0 Å². The normalized spacial score (nSPS) is 16.0. The fourth-order valence-electron chi connectivity index (χ4n) is 2.62. The maximum absolute atomic E-state index is 11.8. The molecule has 0 aliphatic carbocycles. The minimum atomic E-state index is -0.130. The maximum atomic E-state index is 11.8. The molecular formula is C17H16N2O2S2. The van der Waals surface area contributed by atoms with Crippen LogP contribution in [0.3, 0.4) is 0 Å². The van der Waals surface area contributed by atoms with Gasteiger partial charge in [0.15, 0.2) is 0 Å². The molecule has 1 aromatic heterocycles. The van der Waals surface area contributed by atoms with E-state index in [9.17, 15) is 4.79 Å². The zero-order valence-electron chi connectivity index (χ0n) is 13.0. The summed E-state index contributed by atoms with van der Waals surface area (Å²) in [5, 5.41) is 2.64. The van der Waals surface area contributed by atoms with E-state index in [1.807, 2.05) is 44.2 Å². The SMILES string of the molecule is COc1ccc(-n2c(C)cc(/C=C3/SC(=S)NC3=O)c2C)cc1. The first-order valence-electron chi connectivity index (χ1n) is 7.08. The van der Waals surface area contributed by atoms with Gasteiger partial charge in [-0.2, -0.15) is 0 Å². The van der Waals surface area contributed by atoms with Crippen LogP contribution in [0.4, 0.5) is 0 Å². The van der Waals surface area contributed by atoms with Crippen molar-refractivity contribution in [2.45, 2.75) is 13.8 Å². The minimum absolute atomic E-state index is 0.130. The lowest BCUT2D eigenvalue weighted by Gasteiger charge is -2.10. The number of thioether (sulfide) groups is 1. The van der Waals surface area contributed by atoms with Gasteiger partial charge in [0.25, 0.3) is 5.91 Å². The fourth-order valence-corrected chi connectivity index (χ4v) is 3.66. The summed E-state index contributed by atoms with van der Waals surface area (Å²) in [6.45, 7) is 4.09. The van der Waals surface area contributed by atoms with Gasteiger partial charge in [-0.05, 0) is 55.8 Å². The van der Waals surface area contributed by atoms with Gasteiger partial charge in [-0.1, -0.05) is 24.0 Å². The molecule has 1 aliphatic heterocycles. The average molecular weight is 344 g/mol. The third kappa shape index (κ3) is 3.04. The van der Waals surface area contributed by atoms with Crippen molar-refractivity contribution in [3.63, 3.8) is 0 Å². The van der Waals surface area contributed by atoms with Gasteiger partial charge in [0.1, 0.15) is 10.1 Å². The zero-order valence-corrected chi connectivity index (χ0v) is 14.7. The van der Waals surface area contributed by atoms with Gasteiger partial charge in [-0.3, -0.25) is 4.79 Å². The van der Waals surface area contributed by atoms with Gasteiger partial charge >= 0.3 is 0 Å². The molecule has 0 unspecified atom stereocenters. The van der Waals surface area contributed by atoms with Gasteiger partial charge in [0.2, 0.25) is 0 Å². The molecule has 23 heavy (non-hydrogen) atoms. The van der Waals surface area contributed by atoms with Crippen LogP contribution in [0.2, 0.25) is 0 Å². The van der Waals surface area contributed by atoms with E-state index in [1.165, 1.54) is 11.8 Å². The second-order valence-corrected chi connectivity index (χ2v) is 6.93. The van der Waals surface area contributed by atoms with Crippen LogP contribution < -0.4 is 10.1 Å². The number of nitrogens with one attached hydrogen (secondary N) is 1. The number of thiocarbonyl (C=S) groups is 1. The van der Waals surface area contributed by atoms with Gasteiger partial charge in [0, 0.05) is 17.1 Å². The van der Waals surface area contributed by atoms with Crippen LogP contribution >= 0.6 is 24.0 Å². The lowest BCUT2D eigenvalue weighted by molar-refractivity contribution is -0.115. The van der Waals surface area contributed by atoms with Crippen molar-refractivity contribution in [2.24, 2.45) is 0 Å². The summed E-state index contributed by atoms with van der Waals surface area (Å²) in [6, 6.07) is 9.97. The highest BCUT2D eigenvalue weighted by atomic mass is 32.2. The van der Waals surface area contributed by atoms with Crippen LogP contribution in [0.1, 0.15) is 17.0 Å². The summed E-state index contributed by atoms with van der Waals surface area (Å²) in [5.74, 6) is 0.695. The van der Waals surface area contributed by atoms with Crippen molar-refractivity contribution in [1.29, 1.82) is 0 Å². The Bertz CT molecular complexity index is 820.